The number of thiophene rings is 1. The lowest BCUT2D eigenvalue weighted by Crippen LogP contribution is -2.12. The summed E-state index contributed by atoms with van der Waals surface area (Å²) in [6.45, 7) is 13.4. The van der Waals surface area contributed by atoms with Crippen molar-refractivity contribution in [3.63, 3.8) is 0 Å². The van der Waals surface area contributed by atoms with Gasteiger partial charge in [0.25, 0.3) is 0 Å². The van der Waals surface area contributed by atoms with Crippen LogP contribution in [0.4, 0.5) is 0 Å². The molecule has 7 aromatic rings. The smallest absolute Gasteiger partial charge is 0.220 e. The van der Waals surface area contributed by atoms with Crippen molar-refractivity contribution in [3.8, 4) is 34.0 Å². The van der Waals surface area contributed by atoms with Crippen LogP contribution in [0.15, 0.2) is 109 Å². The van der Waals surface area contributed by atoms with E-state index in [0.29, 0.717) is 5.88 Å². The maximum Gasteiger partial charge on any atom is 0.220 e. The quantitative estimate of drug-likeness (QED) is 0.204. The molecule has 0 saturated carbocycles. The number of pyridine rings is 2. The number of ether oxygens (including phenoxy) is 1. The van der Waals surface area contributed by atoms with Crippen molar-refractivity contribution in [2.45, 2.75) is 52.4 Å². The number of fused-ring (bicyclic) bond motifs is 5. The molecule has 218 valence electrons. The van der Waals surface area contributed by atoms with Crippen molar-refractivity contribution >= 4 is 42.4 Å². The molecular formula is C40H36N2OS. The fraction of sp³-hybridized carbons (Fsp3) is 0.200. The molecule has 0 amide bonds. The molecule has 0 spiro atoms. The molecule has 0 aliphatic rings. The lowest BCUT2D eigenvalue weighted by Gasteiger charge is -2.22. The van der Waals surface area contributed by atoms with Crippen molar-refractivity contribution in [1.29, 1.82) is 0 Å². The second-order valence-electron chi connectivity index (χ2n) is 13.6. The first-order chi connectivity index (χ1) is 21.1. The summed E-state index contributed by atoms with van der Waals surface area (Å²) >= 11 is 1.80. The molecule has 3 aromatic heterocycles. The van der Waals surface area contributed by atoms with Gasteiger partial charge in [-0.05, 0) is 51.8 Å². The van der Waals surface area contributed by atoms with Gasteiger partial charge in [-0.3, -0.25) is 4.98 Å². The lowest BCUT2D eigenvalue weighted by atomic mass is 9.84. The number of aromatic nitrogens is 2. The van der Waals surface area contributed by atoms with Crippen molar-refractivity contribution in [1.82, 2.24) is 9.97 Å². The van der Waals surface area contributed by atoms with Crippen LogP contribution in [-0.2, 0) is 10.8 Å². The van der Waals surface area contributed by atoms with Crippen LogP contribution in [0.5, 0.6) is 11.6 Å². The van der Waals surface area contributed by atoms with Crippen LogP contribution in [0.25, 0.3) is 53.5 Å². The predicted octanol–water partition coefficient (Wildman–Crippen LogP) is 11.7. The van der Waals surface area contributed by atoms with Crippen LogP contribution in [0, 0.1) is 0 Å². The zero-order chi connectivity index (χ0) is 30.6. The van der Waals surface area contributed by atoms with E-state index in [0.717, 1.165) is 38.7 Å². The van der Waals surface area contributed by atoms with E-state index >= 15 is 0 Å². The van der Waals surface area contributed by atoms with E-state index in [4.69, 9.17) is 14.7 Å². The average molecular weight is 593 g/mol. The molecule has 4 heteroatoms. The summed E-state index contributed by atoms with van der Waals surface area (Å²) in [5.41, 5.74) is 7.83. The number of rotatable bonds is 4. The van der Waals surface area contributed by atoms with Crippen molar-refractivity contribution in [2.75, 3.05) is 0 Å². The maximum atomic E-state index is 6.79. The molecule has 0 aliphatic heterocycles. The Balaban J connectivity index is 1.41. The molecule has 0 bridgehead atoms. The van der Waals surface area contributed by atoms with Crippen LogP contribution in [0.1, 0.15) is 52.7 Å². The molecule has 0 aliphatic carbocycles. The highest BCUT2D eigenvalue weighted by Gasteiger charge is 2.21. The Hall–Kier alpha value is -4.54. The summed E-state index contributed by atoms with van der Waals surface area (Å²) in [5.74, 6) is 1.38. The Morgan fingerprint density at radius 1 is 0.591 bits per heavy atom. The van der Waals surface area contributed by atoms with Crippen LogP contribution in [0.3, 0.4) is 0 Å². The summed E-state index contributed by atoms with van der Waals surface area (Å²) in [6, 6.07) is 36.3. The molecule has 3 heterocycles. The largest absolute Gasteiger partial charge is 0.438 e. The topological polar surface area (TPSA) is 35.0 Å². The minimum absolute atomic E-state index is 0.0447. The van der Waals surface area contributed by atoms with Gasteiger partial charge >= 0.3 is 0 Å². The van der Waals surface area contributed by atoms with Gasteiger partial charge in [0.1, 0.15) is 5.75 Å². The molecule has 0 radical (unpaired) electrons. The van der Waals surface area contributed by atoms with Gasteiger partial charge in [0, 0.05) is 44.2 Å². The zero-order valence-electron chi connectivity index (χ0n) is 26.1. The maximum absolute atomic E-state index is 6.79. The Kier molecular flexibility index (Phi) is 6.78. The van der Waals surface area contributed by atoms with Crippen LogP contribution in [-0.4, -0.2) is 9.97 Å². The summed E-state index contributed by atoms with van der Waals surface area (Å²) in [4.78, 5) is 9.97. The summed E-state index contributed by atoms with van der Waals surface area (Å²) in [6.07, 6.45) is 1.92. The molecule has 44 heavy (non-hydrogen) atoms. The lowest BCUT2D eigenvalue weighted by molar-refractivity contribution is 0.465. The van der Waals surface area contributed by atoms with E-state index < -0.39 is 0 Å². The van der Waals surface area contributed by atoms with Gasteiger partial charge in [-0.15, -0.1) is 11.3 Å². The number of nitrogens with zero attached hydrogens (tertiary/aromatic N) is 2. The molecule has 0 saturated heterocycles. The molecule has 4 aromatic carbocycles. The van der Waals surface area contributed by atoms with Gasteiger partial charge in [0.15, 0.2) is 0 Å². The monoisotopic (exact) mass is 592 g/mol. The minimum Gasteiger partial charge on any atom is -0.438 e. The van der Waals surface area contributed by atoms with Crippen LogP contribution >= 0.6 is 11.3 Å². The van der Waals surface area contributed by atoms with Gasteiger partial charge in [0.2, 0.25) is 5.88 Å². The van der Waals surface area contributed by atoms with Gasteiger partial charge in [-0.25, -0.2) is 4.98 Å². The van der Waals surface area contributed by atoms with Gasteiger partial charge in [0.05, 0.1) is 15.9 Å². The first kappa shape index (κ1) is 28.2. The highest BCUT2D eigenvalue weighted by atomic mass is 32.1. The number of benzene rings is 4. The van der Waals surface area contributed by atoms with E-state index in [1.165, 1.54) is 31.7 Å². The fourth-order valence-corrected chi connectivity index (χ4v) is 7.09. The molecule has 0 fully saturated rings. The molecular weight excluding hydrogens is 557 g/mol. The molecule has 0 atom stereocenters. The second kappa shape index (κ2) is 10.6. The normalized spacial score (nSPS) is 12.3. The third kappa shape index (κ3) is 5.14. The van der Waals surface area contributed by atoms with Gasteiger partial charge in [-0.2, -0.15) is 0 Å². The first-order valence-electron chi connectivity index (χ1n) is 15.2. The third-order valence-corrected chi connectivity index (χ3v) is 9.57. The molecule has 0 unspecified atom stereocenters. The van der Waals surface area contributed by atoms with Crippen molar-refractivity contribution < 1.29 is 4.74 Å². The highest BCUT2D eigenvalue weighted by molar-refractivity contribution is 7.27. The summed E-state index contributed by atoms with van der Waals surface area (Å²) in [5, 5.41) is 3.32. The highest BCUT2D eigenvalue weighted by Crippen LogP contribution is 2.45. The Morgan fingerprint density at radius 3 is 2.05 bits per heavy atom. The van der Waals surface area contributed by atoms with Gasteiger partial charge < -0.3 is 4.74 Å². The first-order valence-corrected chi connectivity index (χ1v) is 16.0. The predicted molar refractivity (Wildman–Crippen MR) is 187 cm³/mol. The Labute approximate surface area is 263 Å². The minimum atomic E-state index is -0.0786. The summed E-state index contributed by atoms with van der Waals surface area (Å²) < 4.78 is 9.20. The van der Waals surface area contributed by atoms with E-state index in [9.17, 15) is 0 Å². The number of hydrogen-bond acceptors (Lipinski definition) is 4. The zero-order valence-corrected chi connectivity index (χ0v) is 26.9. The van der Waals surface area contributed by atoms with Crippen molar-refractivity contribution in [2.24, 2.45) is 0 Å². The fourth-order valence-electron chi connectivity index (χ4n) is 5.77. The second-order valence-corrected chi connectivity index (χ2v) is 14.6. The van der Waals surface area contributed by atoms with E-state index in [2.05, 4.69) is 145 Å². The summed E-state index contributed by atoms with van der Waals surface area (Å²) in [7, 11) is 0. The molecule has 7 rings (SSSR count). The molecule has 0 N–H and O–H groups in total. The van der Waals surface area contributed by atoms with E-state index in [-0.39, 0.29) is 10.8 Å². The van der Waals surface area contributed by atoms with E-state index in [1.807, 2.05) is 6.20 Å². The third-order valence-electron chi connectivity index (χ3n) is 8.31. The van der Waals surface area contributed by atoms with Crippen molar-refractivity contribution in [3.05, 3.63) is 120 Å². The Bertz CT molecular complexity index is 2160. The SMILES string of the molecule is CC(C)(C)c1cccc(-c2cc(C(C)(C)C)cc(Oc3cc4c5nccc(-c6ccccc6)c5sc4c4ccccc34)n2)c1. The Morgan fingerprint density at radius 2 is 1.30 bits per heavy atom. The molecule has 3 nitrogen and oxygen atoms in total. The van der Waals surface area contributed by atoms with Gasteiger partial charge in [-0.1, -0.05) is 114 Å². The average Bonchev–Trinajstić information content (AvgIpc) is 3.40. The van der Waals surface area contributed by atoms with Crippen LogP contribution in [0.2, 0.25) is 0 Å². The van der Waals surface area contributed by atoms with Crippen LogP contribution < -0.4 is 4.74 Å². The van der Waals surface area contributed by atoms with E-state index in [1.54, 1.807) is 11.3 Å². The standard InChI is InChI=1S/C40H36N2OS/c1-39(2,3)27-16-12-15-26(21-27)33-22-28(40(4,5)6)23-35(42-33)43-34-24-32-36-38(44-37(32)31-18-11-10-17-30(31)34)29(19-20-41-36)25-13-8-7-9-14-25/h7-24H,1-6H3. The number of hydrogen-bond donors (Lipinski definition) is 0.